The lowest BCUT2D eigenvalue weighted by molar-refractivity contribution is 0.600. The average Bonchev–Trinajstić information content (AvgIpc) is 2.34. The van der Waals surface area contributed by atoms with Crippen molar-refractivity contribution in [2.24, 2.45) is 0 Å². The van der Waals surface area contributed by atoms with E-state index in [1.807, 2.05) is 25.1 Å². The number of halogens is 3. The van der Waals surface area contributed by atoms with Crippen LogP contribution in [0.4, 0.5) is 10.1 Å². The van der Waals surface area contributed by atoms with Gasteiger partial charge < -0.3 is 5.32 Å². The first-order chi connectivity index (χ1) is 8.58. The Morgan fingerprint density at radius 2 is 1.94 bits per heavy atom. The van der Waals surface area contributed by atoms with Crippen LogP contribution in [0, 0.1) is 5.82 Å². The predicted molar refractivity (Wildman–Crippen MR) is 77.6 cm³/mol. The molecule has 18 heavy (non-hydrogen) atoms. The van der Waals surface area contributed by atoms with Gasteiger partial charge in [-0.15, -0.1) is 0 Å². The van der Waals surface area contributed by atoms with Crippen molar-refractivity contribution in [1.82, 2.24) is 0 Å². The minimum Gasteiger partial charge on any atom is -0.378 e. The Kier molecular flexibility index (Phi) is 4.25. The van der Waals surface area contributed by atoms with Crippen molar-refractivity contribution in [2.45, 2.75) is 13.0 Å². The standard InChI is InChI=1S/C14H12BrClFN/c1-9(11-4-2-3-5-14(11)17)18-10-6-7-13(16)12(15)8-10/h2-9,18H,1H3. The Bertz CT molecular complexity index is 559. The van der Waals surface area contributed by atoms with Gasteiger partial charge >= 0.3 is 0 Å². The highest BCUT2D eigenvalue weighted by atomic mass is 79.9. The van der Waals surface area contributed by atoms with Crippen molar-refractivity contribution in [3.63, 3.8) is 0 Å². The molecule has 0 radical (unpaired) electrons. The zero-order valence-corrected chi connectivity index (χ0v) is 12.1. The van der Waals surface area contributed by atoms with E-state index in [1.54, 1.807) is 18.2 Å². The Morgan fingerprint density at radius 1 is 1.22 bits per heavy atom. The topological polar surface area (TPSA) is 12.0 Å². The highest BCUT2D eigenvalue weighted by molar-refractivity contribution is 9.10. The van der Waals surface area contributed by atoms with Crippen molar-refractivity contribution < 1.29 is 4.39 Å². The zero-order chi connectivity index (χ0) is 13.1. The van der Waals surface area contributed by atoms with Gasteiger partial charge in [0.05, 0.1) is 11.1 Å². The molecule has 94 valence electrons. The minimum absolute atomic E-state index is 0.112. The van der Waals surface area contributed by atoms with E-state index in [-0.39, 0.29) is 11.9 Å². The lowest BCUT2D eigenvalue weighted by Crippen LogP contribution is -2.08. The second-order valence-corrected chi connectivity index (χ2v) is 5.28. The fourth-order valence-electron chi connectivity index (χ4n) is 1.74. The third-order valence-electron chi connectivity index (χ3n) is 2.67. The van der Waals surface area contributed by atoms with Crippen LogP contribution < -0.4 is 5.32 Å². The molecule has 0 aromatic heterocycles. The van der Waals surface area contributed by atoms with Crippen molar-refractivity contribution in [3.8, 4) is 0 Å². The number of hydrogen-bond acceptors (Lipinski definition) is 1. The van der Waals surface area contributed by atoms with Crippen LogP contribution in [0.15, 0.2) is 46.9 Å². The van der Waals surface area contributed by atoms with Crippen molar-refractivity contribution in [1.29, 1.82) is 0 Å². The lowest BCUT2D eigenvalue weighted by Gasteiger charge is -2.16. The Labute approximate surface area is 119 Å². The second-order valence-electron chi connectivity index (χ2n) is 4.02. The molecule has 0 amide bonds. The van der Waals surface area contributed by atoms with Gasteiger partial charge in [-0.05, 0) is 47.1 Å². The maximum absolute atomic E-state index is 13.6. The molecule has 0 aliphatic heterocycles. The molecule has 2 rings (SSSR count). The molecule has 1 atom stereocenters. The van der Waals surface area contributed by atoms with Crippen molar-refractivity contribution >= 4 is 33.2 Å². The number of anilines is 1. The number of hydrogen-bond donors (Lipinski definition) is 1. The van der Waals surface area contributed by atoms with E-state index >= 15 is 0 Å². The molecule has 4 heteroatoms. The monoisotopic (exact) mass is 327 g/mol. The first-order valence-electron chi connectivity index (χ1n) is 5.54. The Morgan fingerprint density at radius 3 is 2.61 bits per heavy atom. The number of benzene rings is 2. The summed E-state index contributed by atoms with van der Waals surface area (Å²) >= 11 is 9.29. The normalized spacial score (nSPS) is 12.2. The van der Waals surface area contributed by atoms with E-state index in [4.69, 9.17) is 11.6 Å². The fraction of sp³-hybridized carbons (Fsp3) is 0.143. The van der Waals surface area contributed by atoms with Crippen LogP contribution in [0.1, 0.15) is 18.5 Å². The van der Waals surface area contributed by atoms with Gasteiger partial charge in [-0.1, -0.05) is 29.8 Å². The van der Waals surface area contributed by atoms with Crippen LogP contribution in [0.5, 0.6) is 0 Å². The summed E-state index contributed by atoms with van der Waals surface area (Å²) in [5.41, 5.74) is 1.53. The predicted octanol–water partition coefficient (Wildman–Crippen LogP) is 5.41. The average molecular weight is 329 g/mol. The number of rotatable bonds is 3. The summed E-state index contributed by atoms with van der Waals surface area (Å²) in [4.78, 5) is 0. The molecular formula is C14H12BrClFN. The van der Waals surface area contributed by atoms with Gasteiger partial charge in [-0.3, -0.25) is 0 Å². The molecule has 1 nitrogen and oxygen atoms in total. The van der Waals surface area contributed by atoms with E-state index in [0.717, 1.165) is 10.2 Å². The Hall–Kier alpha value is -1.06. The summed E-state index contributed by atoms with van der Waals surface area (Å²) < 4.78 is 14.4. The van der Waals surface area contributed by atoms with Crippen LogP contribution >= 0.6 is 27.5 Å². The van der Waals surface area contributed by atoms with Crippen LogP contribution in [0.25, 0.3) is 0 Å². The van der Waals surface area contributed by atoms with Crippen LogP contribution in [0.2, 0.25) is 5.02 Å². The molecule has 2 aromatic carbocycles. The van der Waals surface area contributed by atoms with Gasteiger partial charge in [0.1, 0.15) is 5.82 Å². The van der Waals surface area contributed by atoms with E-state index in [1.165, 1.54) is 6.07 Å². The van der Waals surface area contributed by atoms with Gasteiger partial charge in [-0.2, -0.15) is 0 Å². The van der Waals surface area contributed by atoms with E-state index < -0.39 is 0 Å². The third-order valence-corrected chi connectivity index (χ3v) is 3.89. The Balaban J connectivity index is 2.19. The molecule has 0 heterocycles. The van der Waals surface area contributed by atoms with Crippen LogP contribution in [0.3, 0.4) is 0 Å². The molecule has 1 unspecified atom stereocenters. The smallest absolute Gasteiger partial charge is 0.128 e. The van der Waals surface area contributed by atoms with E-state index in [9.17, 15) is 4.39 Å². The highest BCUT2D eigenvalue weighted by Crippen LogP contribution is 2.28. The first-order valence-corrected chi connectivity index (χ1v) is 6.71. The van der Waals surface area contributed by atoms with E-state index in [0.29, 0.717) is 10.6 Å². The van der Waals surface area contributed by atoms with Crippen LogP contribution in [-0.4, -0.2) is 0 Å². The molecule has 0 bridgehead atoms. The minimum atomic E-state index is -0.203. The third kappa shape index (κ3) is 3.03. The van der Waals surface area contributed by atoms with Crippen molar-refractivity contribution in [3.05, 3.63) is 63.3 Å². The summed E-state index contributed by atoms with van der Waals surface area (Å²) in [6.07, 6.45) is 0. The van der Waals surface area contributed by atoms with Crippen LogP contribution in [-0.2, 0) is 0 Å². The molecule has 1 N–H and O–H groups in total. The maximum Gasteiger partial charge on any atom is 0.128 e. The summed E-state index contributed by atoms with van der Waals surface area (Å²) in [6, 6.07) is 12.2. The van der Waals surface area contributed by atoms with Crippen molar-refractivity contribution in [2.75, 3.05) is 5.32 Å². The largest absolute Gasteiger partial charge is 0.378 e. The fourth-order valence-corrected chi connectivity index (χ4v) is 2.24. The molecule has 0 spiro atoms. The van der Waals surface area contributed by atoms with Gasteiger partial charge in [0.2, 0.25) is 0 Å². The molecule has 0 aliphatic rings. The van der Waals surface area contributed by atoms with E-state index in [2.05, 4.69) is 21.2 Å². The SMILES string of the molecule is CC(Nc1ccc(Cl)c(Br)c1)c1ccccc1F. The van der Waals surface area contributed by atoms with Gasteiger partial charge in [-0.25, -0.2) is 4.39 Å². The molecule has 0 saturated heterocycles. The lowest BCUT2D eigenvalue weighted by atomic mass is 10.1. The quantitative estimate of drug-likeness (QED) is 0.794. The summed E-state index contributed by atoms with van der Waals surface area (Å²) in [5, 5.41) is 3.89. The molecule has 0 aliphatic carbocycles. The van der Waals surface area contributed by atoms with Gasteiger partial charge in [0.25, 0.3) is 0 Å². The summed E-state index contributed by atoms with van der Waals surface area (Å²) in [6.45, 7) is 1.92. The summed E-state index contributed by atoms with van der Waals surface area (Å²) in [7, 11) is 0. The zero-order valence-electron chi connectivity index (χ0n) is 9.75. The molecule has 0 fully saturated rings. The molecule has 0 saturated carbocycles. The summed E-state index contributed by atoms with van der Waals surface area (Å²) in [5.74, 6) is -0.203. The second kappa shape index (κ2) is 5.72. The maximum atomic E-state index is 13.6. The molecular weight excluding hydrogens is 317 g/mol. The van der Waals surface area contributed by atoms with Gasteiger partial charge in [0.15, 0.2) is 0 Å². The number of nitrogens with one attached hydrogen (secondary N) is 1. The highest BCUT2D eigenvalue weighted by Gasteiger charge is 2.10. The first kappa shape index (κ1) is 13.4. The molecule has 2 aromatic rings. The van der Waals surface area contributed by atoms with Gasteiger partial charge in [0, 0.05) is 15.7 Å².